The maximum Gasteiger partial charge on any atom is 0.339 e. The van der Waals surface area contributed by atoms with Gasteiger partial charge in [-0.1, -0.05) is 24.3 Å². The summed E-state index contributed by atoms with van der Waals surface area (Å²) in [6, 6.07) is 12.2. The highest BCUT2D eigenvalue weighted by Gasteiger charge is 2.25. The third-order valence-corrected chi connectivity index (χ3v) is 5.42. The van der Waals surface area contributed by atoms with E-state index in [4.69, 9.17) is 8.92 Å². The molecule has 0 aliphatic carbocycles. The average Bonchev–Trinajstić information content (AvgIpc) is 2.93. The van der Waals surface area contributed by atoms with E-state index >= 15 is 0 Å². The molecule has 0 atom stereocenters. The van der Waals surface area contributed by atoms with Gasteiger partial charge in [0.1, 0.15) is 4.90 Å². The minimum Gasteiger partial charge on any atom is -0.493 e. The van der Waals surface area contributed by atoms with Gasteiger partial charge in [-0.2, -0.15) is 8.42 Å². The molecule has 26 heavy (non-hydrogen) atoms. The van der Waals surface area contributed by atoms with Crippen molar-refractivity contribution in [2.45, 2.75) is 4.90 Å². The topological polar surface area (TPSA) is 98.8 Å². The number of carbonyl (C=O) groups excluding carboxylic acids is 2. The minimum absolute atomic E-state index is 0.00198. The number of nitrogens with one attached hydrogen (secondary N) is 1. The van der Waals surface area contributed by atoms with Crippen LogP contribution in [0.2, 0.25) is 0 Å². The van der Waals surface area contributed by atoms with E-state index in [9.17, 15) is 18.0 Å². The lowest BCUT2D eigenvalue weighted by molar-refractivity contribution is -0.115. The van der Waals surface area contributed by atoms with E-state index in [1.165, 1.54) is 37.5 Å². The van der Waals surface area contributed by atoms with Crippen molar-refractivity contribution in [1.82, 2.24) is 5.32 Å². The van der Waals surface area contributed by atoms with Gasteiger partial charge < -0.3 is 8.92 Å². The Labute approximate surface area is 154 Å². The van der Waals surface area contributed by atoms with Crippen LogP contribution < -0.4 is 14.2 Å². The fourth-order valence-corrected chi connectivity index (χ4v) is 3.81. The van der Waals surface area contributed by atoms with Crippen LogP contribution in [-0.4, -0.2) is 26.7 Å². The summed E-state index contributed by atoms with van der Waals surface area (Å²) in [7, 11) is -2.67. The maximum absolute atomic E-state index is 12.4. The van der Waals surface area contributed by atoms with Gasteiger partial charge in [-0.15, -0.1) is 0 Å². The molecule has 9 heteroatoms. The zero-order chi connectivity index (χ0) is 18.7. The van der Waals surface area contributed by atoms with Crippen LogP contribution in [0.25, 0.3) is 6.08 Å². The molecule has 1 fully saturated rings. The van der Waals surface area contributed by atoms with Crippen molar-refractivity contribution in [1.29, 1.82) is 0 Å². The molecule has 0 spiro atoms. The molecule has 0 aromatic heterocycles. The summed E-state index contributed by atoms with van der Waals surface area (Å²) in [4.78, 5) is 23.1. The van der Waals surface area contributed by atoms with Crippen LogP contribution in [0.5, 0.6) is 11.5 Å². The van der Waals surface area contributed by atoms with E-state index < -0.39 is 21.3 Å². The summed E-state index contributed by atoms with van der Waals surface area (Å²) >= 11 is 0.766. The van der Waals surface area contributed by atoms with Crippen LogP contribution in [0, 0.1) is 0 Å². The fourth-order valence-electron chi connectivity index (χ4n) is 2.17. The molecule has 134 valence electrons. The Kier molecular flexibility index (Phi) is 5.01. The van der Waals surface area contributed by atoms with Gasteiger partial charge in [0.15, 0.2) is 11.5 Å². The number of thioether (sulfide) groups is 1. The van der Waals surface area contributed by atoms with Crippen molar-refractivity contribution in [2.24, 2.45) is 0 Å². The van der Waals surface area contributed by atoms with E-state index in [2.05, 4.69) is 5.32 Å². The van der Waals surface area contributed by atoms with Crippen molar-refractivity contribution in [3.8, 4) is 11.5 Å². The van der Waals surface area contributed by atoms with Crippen LogP contribution in [0.1, 0.15) is 5.56 Å². The fraction of sp³-hybridized carbons (Fsp3) is 0.0588. The molecular weight excluding hydrogens is 378 g/mol. The van der Waals surface area contributed by atoms with Gasteiger partial charge in [0.2, 0.25) is 0 Å². The molecule has 1 heterocycles. The molecule has 0 radical (unpaired) electrons. The number of rotatable bonds is 5. The molecule has 2 aromatic carbocycles. The van der Waals surface area contributed by atoms with E-state index in [0.29, 0.717) is 5.56 Å². The molecule has 7 nitrogen and oxygen atoms in total. The minimum atomic E-state index is -4.05. The lowest BCUT2D eigenvalue weighted by atomic mass is 10.2. The van der Waals surface area contributed by atoms with Gasteiger partial charge in [0.05, 0.1) is 12.0 Å². The molecule has 1 saturated heterocycles. The molecule has 0 saturated carbocycles. The predicted molar refractivity (Wildman–Crippen MR) is 96.4 cm³/mol. The summed E-state index contributed by atoms with van der Waals surface area (Å²) in [5.74, 6) is -0.318. The van der Waals surface area contributed by atoms with E-state index in [1.807, 2.05) is 0 Å². The SMILES string of the molecule is COc1ccc(/C=C2\SC(=O)NC2=O)cc1OS(=O)(=O)c1ccccc1. The van der Waals surface area contributed by atoms with Gasteiger partial charge in [-0.05, 0) is 47.7 Å². The van der Waals surface area contributed by atoms with E-state index in [1.54, 1.807) is 24.3 Å². The van der Waals surface area contributed by atoms with Crippen molar-refractivity contribution in [2.75, 3.05) is 7.11 Å². The smallest absolute Gasteiger partial charge is 0.339 e. The lowest BCUT2D eigenvalue weighted by Crippen LogP contribution is -2.17. The second-order valence-corrected chi connectivity index (χ2v) is 7.67. The van der Waals surface area contributed by atoms with Crippen LogP contribution in [-0.2, 0) is 14.9 Å². The standard InChI is InChI=1S/C17H13NO6S2/c1-23-13-8-7-11(10-15-16(19)18-17(20)25-15)9-14(13)24-26(21,22)12-5-3-2-4-6-12/h2-10H,1H3,(H,18,19,20)/b15-10-. The Bertz CT molecular complexity index is 999. The number of ether oxygens (including phenoxy) is 1. The van der Waals surface area contributed by atoms with Gasteiger partial charge in [-0.3, -0.25) is 14.9 Å². The number of benzene rings is 2. The van der Waals surface area contributed by atoms with E-state index in [-0.39, 0.29) is 21.3 Å². The molecule has 1 aliphatic rings. The molecule has 0 unspecified atom stereocenters. The summed E-state index contributed by atoms with van der Waals surface area (Å²) in [5.41, 5.74) is 0.483. The van der Waals surface area contributed by atoms with Crippen LogP contribution in [0.15, 0.2) is 58.3 Å². The number of methoxy groups -OCH3 is 1. The third-order valence-electron chi connectivity index (χ3n) is 3.36. The highest BCUT2D eigenvalue weighted by atomic mass is 32.2. The predicted octanol–water partition coefficient (Wildman–Crippen LogP) is 2.79. The Morgan fingerprint density at radius 2 is 1.77 bits per heavy atom. The summed E-state index contributed by atoms with van der Waals surface area (Å²) in [5, 5.41) is 1.69. The monoisotopic (exact) mass is 391 g/mol. The van der Waals surface area contributed by atoms with Crippen molar-refractivity contribution < 1.29 is 26.9 Å². The van der Waals surface area contributed by atoms with Gasteiger partial charge in [0.25, 0.3) is 11.1 Å². The first-order valence-corrected chi connectivity index (χ1v) is 9.54. The largest absolute Gasteiger partial charge is 0.493 e. The first-order valence-electron chi connectivity index (χ1n) is 7.31. The maximum atomic E-state index is 12.4. The summed E-state index contributed by atoms with van der Waals surface area (Å²) in [6.07, 6.45) is 1.46. The van der Waals surface area contributed by atoms with Gasteiger partial charge in [-0.25, -0.2) is 0 Å². The number of amides is 2. The van der Waals surface area contributed by atoms with Crippen LogP contribution in [0.4, 0.5) is 4.79 Å². The summed E-state index contributed by atoms with van der Waals surface area (Å²) in [6.45, 7) is 0. The van der Waals surface area contributed by atoms with Crippen molar-refractivity contribution >= 4 is 39.1 Å². The lowest BCUT2D eigenvalue weighted by Gasteiger charge is -2.11. The number of carbonyl (C=O) groups is 2. The first kappa shape index (κ1) is 18.0. The van der Waals surface area contributed by atoms with Gasteiger partial charge in [0, 0.05) is 0 Å². The average molecular weight is 391 g/mol. The quantitative estimate of drug-likeness (QED) is 0.618. The Balaban J connectivity index is 1.95. The van der Waals surface area contributed by atoms with Crippen molar-refractivity contribution in [3.05, 3.63) is 59.0 Å². The van der Waals surface area contributed by atoms with E-state index in [0.717, 1.165) is 11.8 Å². The number of hydrogen-bond donors (Lipinski definition) is 1. The Morgan fingerprint density at radius 3 is 2.38 bits per heavy atom. The highest BCUT2D eigenvalue weighted by Crippen LogP contribution is 2.33. The zero-order valence-corrected chi connectivity index (χ0v) is 15.1. The molecule has 1 N–H and O–H groups in total. The molecule has 1 aliphatic heterocycles. The van der Waals surface area contributed by atoms with Crippen LogP contribution in [0.3, 0.4) is 0 Å². The normalized spacial score (nSPS) is 15.8. The molecule has 2 aromatic rings. The van der Waals surface area contributed by atoms with Crippen LogP contribution >= 0.6 is 11.8 Å². The van der Waals surface area contributed by atoms with Crippen molar-refractivity contribution in [3.63, 3.8) is 0 Å². The summed E-state index contributed by atoms with van der Waals surface area (Å²) < 4.78 is 35.2. The third kappa shape index (κ3) is 3.89. The second kappa shape index (κ2) is 7.22. The number of hydrogen-bond acceptors (Lipinski definition) is 7. The molecule has 2 amide bonds. The van der Waals surface area contributed by atoms with Gasteiger partial charge >= 0.3 is 10.1 Å². The Hall–Kier alpha value is -2.78. The zero-order valence-electron chi connectivity index (χ0n) is 13.5. The first-order chi connectivity index (χ1) is 12.4. The molecule has 3 rings (SSSR count). The molecule has 0 bridgehead atoms. The number of imide groups is 1. The highest BCUT2D eigenvalue weighted by molar-refractivity contribution is 8.18. The Morgan fingerprint density at radius 1 is 1.04 bits per heavy atom. The second-order valence-electron chi connectivity index (χ2n) is 5.11. The molecular formula is C17H13NO6S2.